The van der Waals surface area contributed by atoms with Gasteiger partial charge in [0.2, 0.25) is 6.41 Å². The van der Waals surface area contributed by atoms with Crippen molar-refractivity contribution in [2.75, 3.05) is 13.6 Å². The molecule has 4 heteroatoms. The van der Waals surface area contributed by atoms with Crippen molar-refractivity contribution in [3.8, 4) is 0 Å². The van der Waals surface area contributed by atoms with E-state index in [4.69, 9.17) is 0 Å². The van der Waals surface area contributed by atoms with Gasteiger partial charge in [0.15, 0.2) is 0 Å². The van der Waals surface area contributed by atoms with Crippen LogP contribution < -0.4 is 0 Å². The summed E-state index contributed by atoms with van der Waals surface area (Å²) in [5, 5.41) is 9.17. The molecule has 0 radical (unpaired) electrons. The molecule has 1 amide bonds. The molecule has 0 aromatic heterocycles. The fourth-order valence-corrected chi connectivity index (χ4v) is 1.85. The number of carboxylic acid groups (broad SMARTS) is 1. The molecular formula is C14H19NO3. The summed E-state index contributed by atoms with van der Waals surface area (Å²) >= 11 is 0. The van der Waals surface area contributed by atoms with Crippen molar-refractivity contribution in [1.82, 2.24) is 4.90 Å². The van der Waals surface area contributed by atoms with E-state index in [0.29, 0.717) is 25.8 Å². The molecule has 0 aliphatic heterocycles. The summed E-state index contributed by atoms with van der Waals surface area (Å²) in [5.74, 6) is -1.15. The van der Waals surface area contributed by atoms with Crippen LogP contribution in [0.15, 0.2) is 30.3 Å². The smallest absolute Gasteiger partial charge is 0.306 e. The lowest BCUT2D eigenvalue weighted by Crippen LogP contribution is -2.21. The summed E-state index contributed by atoms with van der Waals surface area (Å²) in [5.41, 5.74) is 1.04. The summed E-state index contributed by atoms with van der Waals surface area (Å²) in [4.78, 5) is 23.1. The number of amides is 1. The van der Waals surface area contributed by atoms with Crippen molar-refractivity contribution in [3.05, 3.63) is 35.9 Å². The third kappa shape index (κ3) is 4.99. The third-order valence-corrected chi connectivity index (χ3v) is 2.92. The Hall–Kier alpha value is -1.84. The van der Waals surface area contributed by atoms with E-state index < -0.39 is 5.97 Å². The van der Waals surface area contributed by atoms with Gasteiger partial charge >= 0.3 is 5.97 Å². The Morgan fingerprint density at radius 1 is 1.39 bits per heavy atom. The van der Waals surface area contributed by atoms with Crippen LogP contribution in [0.2, 0.25) is 0 Å². The molecule has 0 fully saturated rings. The van der Waals surface area contributed by atoms with E-state index in [9.17, 15) is 14.7 Å². The van der Waals surface area contributed by atoms with E-state index in [2.05, 4.69) is 0 Å². The van der Waals surface area contributed by atoms with E-state index in [-0.39, 0.29) is 5.92 Å². The number of nitrogens with zero attached hydrogens (tertiary/aromatic N) is 1. The lowest BCUT2D eigenvalue weighted by atomic mass is 9.95. The normalized spacial score (nSPS) is 11.8. The van der Waals surface area contributed by atoms with Crippen molar-refractivity contribution >= 4 is 12.4 Å². The Bertz CT molecular complexity index is 378. The lowest BCUT2D eigenvalue weighted by molar-refractivity contribution is -0.142. The Morgan fingerprint density at radius 2 is 2.06 bits per heavy atom. The van der Waals surface area contributed by atoms with Crippen molar-refractivity contribution < 1.29 is 14.7 Å². The molecule has 1 rings (SSSR count). The minimum atomic E-state index is -0.771. The van der Waals surface area contributed by atoms with Crippen LogP contribution in [0.5, 0.6) is 0 Å². The highest BCUT2D eigenvalue weighted by atomic mass is 16.4. The third-order valence-electron chi connectivity index (χ3n) is 2.92. The molecule has 0 saturated carbocycles. The first-order valence-electron chi connectivity index (χ1n) is 6.05. The van der Waals surface area contributed by atoms with E-state index in [1.54, 1.807) is 7.05 Å². The Kier molecular flexibility index (Phi) is 5.91. The van der Waals surface area contributed by atoms with Gasteiger partial charge in [-0.1, -0.05) is 30.3 Å². The molecule has 1 atom stereocenters. The molecule has 0 saturated heterocycles. The van der Waals surface area contributed by atoms with Crippen LogP contribution >= 0.6 is 0 Å². The van der Waals surface area contributed by atoms with E-state index >= 15 is 0 Å². The molecule has 0 heterocycles. The number of carboxylic acids is 1. The zero-order chi connectivity index (χ0) is 13.4. The largest absolute Gasteiger partial charge is 0.481 e. The van der Waals surface area contributed by atoms with Crippen LogP contribution in [0.1, 0.15) is 18.4 Å². The first kappa shape index (κ1) is 14.2. The van der Waals surface area contributed by atoms with Crippen LogP contribution in [0, 0.1) is 5.92 Å². The minimum absolute atomic E-state index is 0.382. The lowest BCUT2D eigenvalue weighted by Gasteiger charge is -2.14. The van der Waals surface area contributed by atoms with Gasteiger partial charge < -0.3 is 10.0 Å². The standard InChI is InChI=1S/C14H19NO3/c1-15(11-16)9-5-8-13(14(17)18)10-12-6-3-2-4-7-12/h2-4,6-7,11,13H,5,8-10H2,1H3,(H,17,18). The second-order valence-corrected chi connectivity index (χ2v) is 4.45. The number of benzene rings is 1. The minimum Gasteiger partial charge on any atom is -0.481 e. The van der Waals surface area contributed by atoms with Gasteiger partial charge in [0.1, 0.15) is 0 Å². The fraction of sp³-hybridized carbons (Fsp3) is 0.429. The molecular weight excluding hydrogens is 230 g/mol. The molecule has 0 aliphatic carbocycles. The second kappa shape index (κ2) is 7.48. The van der Waals surface area contributed by atoms with Gasteiger partial charge in [-0.15, -0.1) is 0 Å². The number of hydrogen-bond acceptors (Lipinski definition) is 2. The summed E-state index contributed by atoms with van der Waals surface area (Å²) in [7, 11) is 1.69. The molecule has 0 bridgehead atoms. The zero-order valence-electron chi connectivity index (χ0n) is 10.6. The number of hydrogen-bond donors (Lipinski definition) is 1. The van der Waals surface area contributed by atoms with Crippen LogP contribution in [0.4, 0.5) is 0 Å². The highest BCUT2D eigenvalue weighted by Gasteiger charge is 2.17. The number of carbonyl (C=O) groups is 2. The van der Waals surface area contributed by atoms with Crippen molar-refractivity contribution in [1.29, 1.82) is 0 Å². The number of carbonyl (C=O) groups excluding carboxylic acids is 1. The molecule has 1 aromatic rings. The summed E-state index contributed by atoms with van der Waals surface area (Å²) in [6.07, 6.45) is 2.59. The second-order valence-electron chi connectivity index (χ2n) is 4.45. The average molecular weight is 249 g/mol. The van der Waals surface area contributed by atoms with Crippen molar-refractivity contribution in [3.63, 3.8) is 0 Å². The monoisotopic (exact) mass is 249 g/mol. The molecule has 1 unspecified atom stereocenters. The molecule has 4 nitrogen and oxygen atoms in total. The van der Waals surface area contributed by atoms with Gasteiger partial charge in [0.25, 0.3) is 0 Å². The first-order chi connectivity index (χ1) is 8.63. The van der Waals surface area contributed by atoms with Gasteiger partial charge in [-0.2, -0.15) is 0 Å². The summed E-state index contributed by atoms with van der Waals surface area (Å²) in [6.45, 7) is 0.599. The molecule has 18 heavy (non-hydrogen) atoms. The van der Waals surface area contributed by atoms with Gasteiger partial charge in [-0.05, 0) is 24.8 Å². The Balaban J connectivity index is 2.46. The molecule has 0 aliphatic rings. The quantitative estimate of drug-likeness (QED) is 0.715. The predicted molar refractivity (Wildman–Crippen MR) is 69.2 cm³/mol. The van der Waals surface area contributed by atoms with E-state index in [1.807, 2.05) is 30.3 Å². The Labute approximate surface area is 107 Å². The van der Waals surface area contributed by atoms with Crippen LogP contribution in [0.25, 0.3) is 0 Å². The van der Waals surface area contributed by atoms with Gasteiger partial charge in [0, 0.05) is 13.6 Å². The summed E-state index contributed by atoms with van der Waals surface area (Å²) < 4.78 is 0. The highest BCUT2D eigenvalue weighted by molar-refractivity contribution is 5.70. The maximum Gasteiger partial charge on any atom is 0.306 e. The number of rotatable bonds is 8. The predicted octanol–water partition coefficient (Wildman–Crippen LogP) is 1.80. The molecule has 0 spiro atoms. The highest BCUT2D eigenvalue weighted by Crippen LogP contribution is 2.14. The van der Waals surface area contributed by atoms with E-state index in [0.717, 1.165) is 12.0 Å². The van der Waals surface area contributed by atoms with Crippen LogP contribution in [0.3, 0.4) is 0 Å². The molecule has 98 valence electrons. The van der Waals surface area contributed by atoms with Crippen LogP contribution in [-0.2, 0) is 16.0 Å². The SMILES string of the molecule is CN(C=O)CCCC(Cc1ccccc1)C(=O)O. The van der Waals surface area contributed by atoms with Crippen molar-refractivity contribution in [2.24, 2.45) is 5.92 Å². The van der Waals surface area contributed by atoms with Gasteiger partial charge in [-0.25, -0.2) is 0 Å². The number of aliphatic carboxylic acids is 1. The van der Waals surface area contributed by atoms with Gasteiger partial charge in [0.05, 0.1) is 5.92 Å². The maximum atomic E-state index is 11.2. The van der Waals surface area contributed by atoms with E-state index in [1.165, 1.54) is 4.90 Å². The topological polar surface area (TPSA) is 57.6 Å². The molecule has 1 aromatic carbocycles. The van der Waals surface area contributed by atoms with Crippen molar-refractivity contribution in [2.45, 2.75) is 19.3 Å². The summed E-state index contributed by atoms with van der Waals surface area (Å²) in [6, 6.07) is 9.61. The first-order valence-corrected chi connectivity index (χ1v) is 6.05. The van der Waals surface area contributed by atoms with Crippen LogP contribution in [-0.4, -0.2) is 36.0 Å². The van der Waals surface area contributed by atoms with Gasteiger partial charge in [-0.3, -0.25) is 9.59 Å². The fourth-order valence-electron chi connectivity index (χ4n) is 1.85. The molecule has 1 N–H and O–H groups in total. The zero-order valence-corrected chi connectivity index (χ0v) is 10.6. The Morgan fingerprint density at radius 3 is 2.61 bits per heavy atom. The average Bonchev–Trinajstić information content (AvgIpc) is 2.38. The maximum absolute atomic E-state index is 11.2.